The molecule has 9 heteroatoms. The monoisotopic (exact) mass is 452 g/mol. The standard InChI is InChI=1S/C24H29FN6O2/c1-5-30-22-14(11-26)8-19(24(29-3)32-4)21(27)17-7-6-16(25)10-18(17)13(2)33-20-9-15(22)12-31-23(20)28/h6-7,9-13H,5,8,26-27H2,1-4H3,(H2,28,31)/t13-/m1/s1. The summed E-state index contributed by atoms with van der Waals surface area (Å²) in [6.07, 6.45) is 2.77. The van der Waals surface area contributed by atoms with Crippen LogP contribution in [0.25, 0.3) is 5.70 Å². The van der Waals surface area contributed by atoms with Crippen molar-refractivity contribution >= 4 is 23.1 Å². The number of nitrogens with zero attached hydrogens (tertiary/aromatic N) is 3. The molecule has 0 saturated carbocycles. The van der Waals surface area contributed by atoms with E-state index in [0.29, 0.717) is 57.4 Å². The predicted octanol–water partition coefficient (Wildman–Crippen LogP) is 3.34. The molecular weight excluding hydrogens is 423 g/mol. The molecule has 174 valence electrons. The highest BCUT2D eigenvalue weighted by Crippen LogP contribution is 2.34. The van der Waals surface area contributed by atoms with Crippen LogP contribution < -0.4 is 21.9 Å². The normalized spacial score (nSPS) is 19.5. The maximum Gasteiger partial charge on any atom is 0.213 e. The summed E-state index contributed by atoms with van der Waals surface area (Å²) < 4.78 is 25.9. The van der Waals surface area contributed by atoms with Gasteiger partial charge in [0.2, 0.25) is 5.90 Å². The maximum atomic E-state index is 14.3. The van der Waals surface area contributed by atoms with E-state index in [4.69, 9.17) is 26.7 Å². The molecule has 0 radical (unpaired) electrons. The molecule has 0 unspecified atom stereocenters. The lowest BCUT2D eigenvalue weighted by atomic mass is 9.91. The highest BCUT2D eigenvalue weighted by Gasteiger charge is 2.25. The average Bonchev–Trinajstić information content (AvgIpc) is 2.81. The molecule has 2 bridgehead atoms. The Morgan fingerprint density at radius 1 is 1.33 bits per heavy atom. The minimum Gasteiger partial charge on any atom is -0.482 e. The van der Waals surface area contributed by atoms with Gasteiger partial charge in [-0.05, 0) is 49.9 Å². The molecule has 1 aromatic carbocycles. The predicted molar refractivity (Wildman–Crippen MR) is 130 cm³/mol. The number of hydrogen-bond donors (Lipinski definition) is 3. The van der Waals surface area contributed by atoms with Crippen LogP contribution in [0.2, 0.25) is 0 Å². The van der Waals surface area contributed by atoms with Crippen molar-refractivity contribution in [3.63, 3.8) is 0 Å². The quantitative estimate of drug-likeness (QED) is 0.473. The Morgan fingerprint density at radius 2 is 2.09 bits per heavy atom. The van der Waals surface area contributed by atoms with Crippen molar-refractivity contribution in [3.8, 4) is 5.75 Å². The summed E-state index contributed by atoms with van der Waals surface area (Å²) in [7, 11) is 3.12. The van der Waals surface area contributed by atoms with Crippen molar-refractivity contribution in [1.29, 1.82) is 0 Å². The SMILES string of the molecule is CCN=C1C(=CN)CC(C(=NC)OC)=C(N)c2ccc(F)cc2[C@@H](C)Oc2cc1cnc2N. The van der Waals surface area contributed by atoms with E-state index >= 15 is 0 Å². The Kier molecular flexibility index (Phi) is 7.32. The highest BCUT2D eigenvalue weighted by molar-refractivity contribution is 6.14. The van der Waals surface area contributed by atoms with Crippen molar-refractivity contribution in [2.45, 2.75) is 26.4 Å². The zero-order valence-corrected chi connectivity index (χ0v) is 19.2. The minimum absolute atomic E-state index is 0.207. The summed E-state index contributed by atoms with van der Waals surface area (Å²) in [6.45, 7) is 4.23. The first-order valence-corrected chi connectivity index (χ1v) is 10.5. The number of hydrogen-bond acceptors (Lipinski definition) is 8. The first kappa shape index (κ1) is 23.8. The van der Waals surface area contributed by atoms with Crippen LogP contribution >= 0.6 is 0 Å². The lowest BCUT2D eigenvalue weighted by Gasteiger charge is -2.23. The van der Waals surface area contributed by atoms with Gasteiger partial charge < -0.3 is 26.7 Å². The third kappa shape index (κ3) is 4.82. The summed E-state index contributed by atoms with van der Waals surface area (Å²) in [5.41, 5.74) is 22.9. The molecule has 2 aromatic rings. The van der Waals surface area contributed by atoms with Crippen molar-refractivity contribution < 1.29 is 13.9 Å². The van der Waals surface area contributed by atoms with Gasteiger partial charge in [-0.15, -0.1) is 0 Å². The summed E-state index contributed by atoms with van der Waals surface area (Å²) in [4.78, 5) is 13.2. The van der Waals surface area contributed by atoms with E-state index in [1.807, 2.05) is 6.92 Å². The van der Waals surface area contributed by atoms with E-state index < -0.39 is 11.9 Å². The Balaban J connectivity index is 2.39. The first-order valence-electron chi connectivity index (χ1n) is 10.5. The van der Waals surface area contributed by atoms with Crippen LogP contribution in [0.5, 0.6) is 5.75 Å². The van der Waals surface area contributed by atoms with Crippen LogP contribution in [0.3, 0.4) is 0 Å². The smallest absolute Gasteiger partial charge is 0.213 e. The number of anilines is 1. The molecule has 2 heterocycles. The van der Waals surface area contributed by atoms with Gasteiger partial charge in [0.05, 0.1) is 12.8 Å². The zero-order valence-electron chi connectivity index (χ0n) is 19.2. The van der Waals surface area contributed by atoms with Crippen molar-refractivity contribution in [1.82, 2.24) is 4.98 Å². The largest absolute Gasteiger partial charge is 0.482 e. The van der Waals surface area contributed by atoms with Crippen LogP contribution in [-0.2, 0) is 4.74 Å². The van der Waals surface area contributed by atoms with Gasteiger partial charge in [0, 0.05) is 54.2 Å². The Hall–Kier alpha value is -3.88. The summed E-state index contributed by atoms with van der Waals surface area (Å²) >= 11 is 0. The molecule has 1 aromatic heterocycles. The van der Waals surface area contributed by atoms with Gasteiger partial charge in [-0.1, -0.05) is 0 Å². The molecule has 6 N–H and O–H groups in total. The van der Waals surface area contributed by atoms with Crippen LogP contribution in [0.4, 0.5) is 10.2 Å². The third-order valence-electron chi connectivity index (χ3n) is 5.37. The molecule has 8 nitrogen and oxygen atoms in total. The second-order valence-corrected chi connectivity index (χ2v) is 7.42. The lowest BCUT2D eigenvalue weighted by Crippen LogP contribution is -2.20. The van der Waals surface area contributed by atoms with Gasteiger partial charge >= 0.3 is 0 Å². The van der Waals surface area contributed by atoms with Crippen LogP contribution in [0.15, 0.2) is 57.8 Å². The molecule has 0 amide bonds. The number of allylic oxidation sites excluding steroid dienone is 1. The number of nitrogens with two attached hydrogens (primary N) is 3. The molecule has 1 atom stereocenters. The molecule has 0 aliphatic carbocycles. The maximum absolute atomic E-state index is 14.3. The van der Waals surface area contributed by atoms with Crippen molar-refractivity contribution in [2.24, 2.45) is 21.5 Å². The van der Waals surface area contributed by atoms with E-state index in [1.54, 1.807) is 32.3 Å². The second kappa shape index (κ2) is 10.2. The summed E-state index contributed by atoms with van der Waals surface area (Å²) in [5.74, 6) is 0.478. The molecule has 0 fully saturated rings. The average molecular weight is 453 g/mol. The van der Waals surface area contributed by atoms with E-state index in [1.165, 1.54) is 25.4 Å². The number of pyridine rings is 1. The highest BCUT2D eigenvalue weighted by atomic mass is 19.1. The fourth-order valence-electron chi connectivity index (χ4n) is 3.79. The fourth-order valence-corrected chi connectivity index (χ4v) is 3.79. The van der Waals surface area contributed by atoms with Gasteiger partial charge in [0.15, 0.2) is 11.6 Å². The number of methoxy groups -OCH3 is 1. The molecule has 33 heavy (non-hydrogen) atoms. The molecule has 0 saturated heterocycles. The van der Waals surface area contributed by atoms with Crippen LogP contribution in [0.1, 0.15) is 43.1 Å². The van der Waals surface area contributed by atoms with Gasteiger partial charge in [-0.25, -0.2) is 9.37 Å². The van der Waals surface area contributed by atoms with Crippen LogP contribution in [0, 0.1) is 5.82 Å². The number of nitrogen functional groups attached to an aromatic ring is 1. The number of halogens is 1. The molecule has 1 aliphatic rings. The number of aromatic nitrogens is 1. The molecule has 0 spiro atoms. The second-order valence-electron chi connectivity index (χ2n) is 7.42. The number of fused-ring (bicyclic) bond motifs is 3. The van der Waals surface area contributed by atoms with Crippen molar-refractivity contribution in [2.75, 3.05) is 26.4 Å². The van der Waals surface area contributed by atoms with Gasteiger partial charge in [0.1, 0.15) is 11.9 Å². The molecule has 1 aliphatic heterocycles. The molecular formula is C24H29FN6O2. The lowest BCUT2D eigenvalue weighted by molar-refractivity contribution is 0.226. The van der Waals surface area contributed by atoms with E-state index in [2.05, 4.69) is 15.0 Å². The van der Waals surface area contributed by atoms with Gasteiger partial charge in [0.25, 0.3) is 0 Å². The Labute approximate surface area is 192 Å². The third-order valence-corrected chi connectivity index (χ3v) is 5.37. The van der Waals surface area contributed by atoms with Crippen molar-refractivity contribution in [3.05, 3.63) is 70.3 Å². The fraction of sp³-hybridized carbons (Fsp3) is 0.292. The van der Waals surface area contributed by atoms with E-state index in [-0.39, 0.29) is 12.2 Å². The van der Waals surface area contributed by atoms with E-state index in [9.17, 15) is 4.39 Å². The number of ether oxygens (including phenoxy) is 2. The number of rotatable bonds is 2. The number of benzene rings is 1. The van der Waals surface area contributed by atoms with Gasteiger partial charge in [-0.2, -0.15) is 0 Å². The number of aliphatic imine (C=N–C) groups is 2. The van der Waals surface area contributed by atoms with Crippen LogP contribution in [-0.4, -0.2) is 37.3 Å². The van der Waals surface area contributed by atoms with Gasteiger partial charge in [-0.3, -0.25) is 9.98 Å². The zero-order chi connectivity index (χ0) is 24.1. The Morgan fingerprint density at radius 3 is 2.73 bits per heavy atom. The molecule has 3 rings (SSSR count). The summed E-state index contributed by atoms with van der Waals surface area (Å²) in [6, 6.07) is 6.11. The van der Waals surface area contributed by atoms with E-state index in [0.717, 1.165) is 0 Å². The minimum atomic E-state index is -0.588. The topological polar surface area (TPSA) is 134 Å². The first-order chi connectivity index (χ1) is 15.8. The summed E-state index contributed by atoms with van der Waals surface area (Å²) in [5, 5.41) is 0. The Bertz CT molecular complexity index is 1170.